The number of rotatable bonds is 7. The molecule has 2 heterocycles. The van der Waals surface area contributed by atoms with Crippen LogP contribution < -0.4 is 20.4 Å². The molecule has 1 aromatic heterocycles. The number of ether oxygens (including phenoxy) is 1. The van der Waals surface area contributed by atoms with Crippen molar-refractivity contribution in [3.63, 3.8) is 0 Å². The van der Waals surface area contributed by atoms with E-state index in [2.05, 4.69) is 27.2 Å². The Hall–Kier alpha value is -3.19. The summed E-state index contributed by atoms with van der Waals surface area (Å²) in [7, 11) is 1.72. The second-order valence-electron chi connectivity index (χ2n) is 8.86. The van der Waals surface area contributed by atoms with Gasteiger partial charge in [-0.15, -0.1) is 24.8 Å². The van der Waals surface area contributed by atoms with E-state index in [1.54, 1.807) is 7.11 Å². The van der Waals surface area contributed by atoms with Crippen molar-refractivity contribution < 1.29 is 9.15 Å². The molecule has 37 heavy (non-hydrogen) atoms. The van der Waals surface area contributed by atoms with Crippen molar-refractivity contribution in [1.29, 1.82) is 0 Å². The van der Waals surface area contributed by atoms with Crippen LogP contribution in [-0.2, 0) is 0 Å². The molecule has 1 fully saturated rings. The molecule has 0 spiro atoms. The van der Waals surface area contributed by atoms with Gasteiger partial charge in [0, 0.05) is 50.4 Å². The number of fused-ring (bicyclic) bond motifs is 1. The van der Waals surface area contributed by atoms with E-state index in [1.807, 2.05) is 67.6 Å². The number of nitrogens with one attached hydrogen (secondary N) is 1. The molecule has 8 heteroatoms. The van der Waals surface area contributed by atoms with Crippen LogP contribution >= 0.6 is 24.8 Å². The predicted molar refractivity (Wildman–Crippen MR) is 157 cm³/mol. The summed E-state index contributed by atoms with van der Waals surface area (Å²) in [6.45, 7) is 7.41. The highest BCUT2D eigenvalue weighted by Gasteiger charge is 2.20. The number of halogens is 2. The van der Waals surface area contributed by atoms with Gasteiger partial charge < -0.3 is 19.4 Å². The standard InChI is InChI=1S/C29H31N3O3.2ClH/c1-21-27(33)23-11-8-12-24(29(23)35-28(21)22-9-4-3-5-10-22)30-15-16-31-17-19-32(20-18-31)25-13-6-7-14-26(25)34-2;;/h3-14,30H,15-20H2,1-2H3;2*1H. The second kappa shape index (κ2) is 12.9. The maximum absolute atomic E-state index is 13.1. The predicted octanol–water partition coefficient (Wildman–Crippen LogP) is 5.85. The van der Waals surface area contributed by atoms with Crippen LogP contribution in [0, 0.1) is 6.92 Å². The maximum atomic E-state index is 13.1. The number of hydrogen-bond donors (Lipinski definition) is 1. The zero-order valence-corrected chi connectivity index (χ0v) is 22.7. The lowest BCUT2D eigenvalue weighted by atomic mass is 10.1. The fourth-order valence-corrected chi connectivity index (χ4v) is 4.77. The first kappa shape index (κ1) is 28.4. The number of para-hydroxylation sites is 3. The maximum Gasteiger partial charge on any atom is 0.196 e. The molecule has 0 bridgehead atoms. The number of piperazine rings is 1. The van der Waals surface area contributed by atoms with E-state index in [0.29, 0.717) is 22.3 Å². The summed E-state index contributed by atoms with van der Waals surface area (Å²) in [6, 6.07) is 23.7. The fourth-order valence-electron chi connectivity index (χ4n) is 4.77. The van der Waals surface area contributed by atoms with Crippen LogP contribution in [-0.4, -0.2) is 51.3 Å². The smallest absolute Gasteiger partial charge is 0.196 e. The third kappa shape index (κ3) is 6.04. The van der Waals surface area contributed by atoms with Gasteiger partial charge in [0.25, 0.3) is 0 Å². The Morgan fingerprint density at radius 3 is 2.32 bits per heavy atom. The van der Waals surface area contributed by atoms with Gasteiger partial charge in [0.1, 0.15) is 11.5 Å². The van der Waals surface area contributed by atoms with Crippen molar-refractivity contribution in [3.8, 4) is 17.1 Å². The van der Waals surface area contributed by atoms with Gasteiger partial charge in [-0.3, -0.25) is 9.69 Å². The van der Waals surface area contributed by atoms with Gasteiger partial charge in [0.2, 0.25) is 0 Å². The number of methoxy groups -OCH3 is 1. The van der Waals surface area contributed by atoms with Gasteiger partial charge in [-0.25, -0.2) is 0 Å². The first-order valence-corrected chi connectivity index (χ1v) is 12.1. The minimum atomic E-state index is 0. The normalized spacial score (nSPS) is 13.5. The second-order valence-corrected chi connectivity index (χ2v) is 8.86. The van der Waals surface area contributed by atoms with E-state index in [-0.39, 0.29) is 30.2 Å². The van der Waals surface area contributed by atoms with Gasteiger partial charge in [-0.2, -0.15) is 0 Å². The molecular formula is C29H33Cl2N3O3. The van der Waals surface area contributed by atoms with Gasteiger partial charge in [0.05, 0.1) is 23.9 Å². The summed E-state index contributed by atoms with van der Waals surface area (Å²) in [5.74, 6) is 1.55. The summed E-state index contributed by atoms with van der Waals surface area (Å²) < 4.78 is 11.9. The Kier molecular flexibility index (Phi) is 9.86. The van der Waals surface area contributed by atoms with Crippen molar-refractivity contribution >= 4 is 47.2 Å². The Morgan fingerprint density at radius 1 is 0.892 bits per heavy atom. The van der Waals surface area contributed by atoms with E-state index < -0.39 is 0 Å². The minimum absolute atomic E-state index is 0. The van der Waals surface area contributed by atoms with Gasteiger partial charge in [-0.1, -0.05) is 48.5 Å². The van der Waals surface area contributed by atoms with Crippen LogP contribution in [0.15, 0.2) is 82.0 Å². The van der Waals surface area contributed by atoms with Crippen LogP contribution in [0.4, 0.5) is 11.4 Å². The van der Waals surface area contributed by atoms with E-state index in [0.717, 1.165) is 62.0 Å². The van der Waals surface area contributed by atoms with Crippen LogP contribution in [0.5, 0.6) is 5.75 Å². The van der Waals surface area contributed by atoms with Crippen molar-refractivity contribution in [3.05, 3.63) is 88.6 Å². The molecule has 0 saturated carbocycles. The fraction of sp³-hybridized carbons (Fsp3) is 0.276. The van der Waals surface area contributed by atoms with Crippen LogP contribution in [0.1, 0.15) is 5.56 Å². The molecule has 4 aromatic rings. The van der Waals surface area contributed by atoms with Crippen LogP contribution in [0.3, 0.4) is 0 Å². The molecule has 6 nitrogen and oxygen atoms in total. The van der Waals surface area contributed by atoms with Crippen molar-refractivity contribution in [1.82, 2.24) is 4.90 Å². The topological polar surface area (TPSA) is 58.0 Å². The molecule has 3 aromatic carbocycles. The SMILES string of the molecule is COc1ccccc1N1CCN(CCNc2cccc3c(=O)c(C)c(-c4ccccc4)oc23)CC1.Cl.Cl. The molecule has 0 amide bonds. The summed E-state index contributed by atoms with van der Waals surface area (Å²) in [6.07, 6.45) is 0. The molecule has 1 N–H and O–H groups in total. The lowest BCUT2D eigenvalue weighted by Gasteiger charge is -2.36. The summed E-state index contributed by atoms with van der Waals surface area (Å²) in [5.41, 5.74) is 4.18. The number of nitrogens with zero attached hydrogens (tertiary/aromatic N) is 2. The van der Waals surface area contributed by atoms with Crippen LogP contribution in [0.25, 0.3) is 22.3 Å². The van der Waals surface area contributed by atoms with E-state index >= 15 is 0 Å². The van der Waals surface area contributed by atoms with Gasteiger partial charge in [0.15, 0.2) is 11.0 Å². The summed E-state index contributed by atoms with van der Waals surface area (Å²) in [5, 5.41) is 4.12. The van der Waals surface area contributed by atoms with Crippen molar-refractivity contribution in [2.75, 3.05) is 56.6 Å². The Balaban J connectivity index is 0.00000190. The summed E-state index contributed by atoms with van der Waals surface area (Å²) in [4.78, 5) is 17.9. The van der Waals surface area contributed by atoms with E-state index in [9.17, 15) is 4.79 Å². The molecule has 0 unspecified atom stereocenters. The monoisotopic (exact) mass is 541 g/mol. The Labute approximate surface area is 230 Å². The Bertz CT molecular complexity index is 1370. The highest BCUT2D eigenvalue weighted by Crippen LogP contribution is 2.30. The summed E-state index contributed by atoms with van der Waals surface area (Å²) >= 11 is 0. The molecule has 0 radical (unpaired) electrons. The lowest BCUT2D eigenvalue weighted by Crippen LogP contribution is -2.47. The average Bonchev–Trinajstić information content (AvgIpc) is 2.92. The molecule has 196 valence electrons. The van der Waals surface area contributed by atoms with E-state index in [4.69, 9.17) is 9.15 Å². The zero-order valence-electron chi connectivity index (χ0n) is 21.1. The van der Waals surface area contributed by atoms with Crippen molar-refractivity contribution in [2.45, 2.75) is 6.92 Å². The molecule has 1 aliphatic heterocycles. The molecule has 0 aliphatic carbocycles. The largest absolute Gasteiger partial charge is 0.495 e. The van der Waals surface area contributed by atoms with E-state index in [1.165, 1.54) is 0 Å². The average molecular weight is 543 g/mol. The minimum Gasteiger partial charge on any atom is -0.495 e. The van der Waals surface area contributed by atoms with Crippen molar-refractivity contribution in [2.24, 2.45) is 0 Å². The Morgan fingerprint density at radius 2 is 1.59 bits per heavy atom. The highest BCUT2D eigenvalue weighted by molar-refractivity contribution is 5.90. The molecular weight excluding hydrogens is 509 g/mol. The molecule has 1 aliphatic rings. The zero-order chi connectivity index (χ0) is 24.2. The third-order valence-electron chi connectivity index (χ3n) is 6.72. The quantitative estimate of drug-likeness (QED) is 0.316. The highest BCUT2D eigenvalue weighted by atomic mass is 35.5. The molecule has 0 atom stereocenters. The lowest BCUT2D eigenvalue weighted by molar-refractivity contribution is 0.266. The molecule has 5 rings (SSSR count). The first-order chi connectivity index (χ1) is 17.2. The number of anilines is 2. The van der Waals surface area contributed by atoms with Gasteiger partial charge in [-0.05, 0) is 31.2 Å². The number of benzene rings is 3. The first-order valence-electron chi connectivity index (χ1n) is 12.1. The van der Waals surface area contributed by atoms with Gasteiger partial charge >= 0.3 is 0 Å². The third-order valence-corrected chi connectivity index (χ3v) is 6.72. The van der Waals surface area contributed by atoms with Crippen LogP contribution in [0.2, 0.25) is 0 Å². The molecule has 1 saturated heterocycles. The number of hydrogen-bond acceptors (Lipinski definition) is 6.